The zero-order valence-corrected chi connectivity index (χ0v) is 15.9. The van der Waals surface area contributed by atoms with E-state index in [1.807, 2.05) is 25.9 Å². The van der Waals surface area contributed by atoms with Crippen LogP contribution in [0.15, 0.2) is 11.1 Å². The Morgan fingerprint density at radius 1 is 1.40 bits per heavy atom. The van der Waals surface area contributed by atoms with Gasteiger partial charge in [-0.05, 0) is 39.4 Å². The maximum absolute atomic E-state index is 12.9. The summed E-state index contributed by atoms with van der Waals surface area (Å²) in [5.41, 5.74) is -0.169. The van der Waals surface area contributed by atoms with Crippen molar-refractivity contribution in [1.82, 2.24) is 19.4 Å². The predicted octanol–water partition coefficient (Wildman–Crippen LogP) is 0.832. The van der Waals surface area contributed by atoms with E-state index in [4.69, 9.17) is 0 Å². The first-order valence-electron chi connectivity index (χ1n) is 8.33. The largest absolute Gasteiger partial charge is 0.388 e. The minimum Gasteiger partial charge on any atom is -0.388 e. The van der Waals surface area contributed by atoms with E-state index in [1.165, 1.54) is 22.2 Å². The third-order valence-electron chi connectivity index (χ3n) is 4.80. The number of carbonyl (C=O) groups is 1. The summed E-state index contributed by atoms with van der Waals surface area (Å²) in [7, 11) is 5.52. The van der Waals surface area contributed by atoms with E-state index in [9.17, 15) is 14.7 Å². The molecule has 0 radical (unpaired) electrons. The number of amides is 1. The van der Waals surface area contributed by atoms with Crippen LogP contribution < -0.4 is 5.56 Å². The van der Waals surface area contributed by atoms with Crippen LogP contribution in [-0.2, 0) is 7.05 Å². The maximum atomic E-state index is 12.9. The summed E-state index contributed by atoms with van der Waals surface area (Å²) in [4.78, 5) is 34.4. The molecular formula is C17H24N4O3S. The van der Waals surface area contributed by atoms with Crippen molar-refractivity contribution in [3.63, 3.8) is 0 Å². The minimum absolute atomic E-state index is 0.0746. The van der Waals surface area contributed by atoms with Crippen LogP contribution in [0.2, 0.25) is 0 Å². The Morgan fingerprint density at radius 2 is 2.04 bits per heavy atom. The van der Waals surface area contributed by atoms with Crippen LogP contribution in [0.1, 0.15) is 28.1 Å². The standard InChI is InChI=1S/C17H24N4O3S/c1-11-12-14(18-10-20(4)15(12)22)25-13(11)16(23)21-7-5-17(24,6-8-21)9-19(2)3/h10,24H,5-9H2,1-4H3. The monoisotopic (exact) mass is 364 g/mol. The highest BCUT2D eigenvalue weighted by atomic mass is 32.1. The van der Waals surface area contributed by atoms with Crippen LogP contribution in [-0.4, -0.2) is 69.7 Å². The van der Waals surface area contributed by atoms with Crippen LogP contribution in [0.5, 0.6) is 0 Å². The third-order valence-corrected chi connectivity index (χ3v) is 5.98. The fourth-order valence-electron chi connectivity index (χ4n) is 3.43. The molecule has 1 aliphatic rings. The molecule has 1 N–H and O–H groups in total. The average molecular weight is 364 g/mol. The minimum atomic E-state index is -0.743. The van der Waals surface area contributed by atoms with Crippen LogP contribution >= 0.6 is 11.3 Å². The van der Waals surface area contributed by atoms with Gasteiger partial charge in [0.25, 0.3) is 11.5 Å². The van der Waals surface area contributed by atoms with Crippen molar-refractivity contribution in [3.8, 4) is 0 Å². The van der Waals surface area contributed by atoms with Crippen LogP contribution in [0.4, 0.5) is 0 Å². The lowest BCUT2D eigenvalue weighted by Gasteiger charge is -2.39. The molecule has 1 saturated heterocycles. The van der Waals surface area contributed by atoms with Gasteiger partial charge in [-0.25, -0.2) is 4.98 Å². The number of aryl methyl sites for hydroxylation is 2. The van der Waals surface area contributed by atoms with E-state index in [1.54, 1.807) is 11.9 Å². The summed E-state index contributed by atoms with van der Waals surface area (Å²) < 4.78 is 1.43. The van der Waals surface area contributed by atoms with Gasteiger partial charge < -0.3 is 19.5 Å². The molecule has 136 valence electrons. The first kappa shape index (κ1) is 18.0. The SMILES string of the molecule is Cc1c(C(=O)N2CCC(O)(CN(C)C)CC2)sc2ncn(C)c(=O)c12. The van der Waals surface area contributed by atoms with E-state index in [0.717, 1.165) is 0 Å². The van der Waals surface area contributed by atoms with Gasteiger partial charge in [-0.3, -0.25) is 9.59 Å². The molecule has 2 aromatic rings. The van der Waals surface area contributed by atoms with E-state index in [-0.39, 0.29) is 11.5 Å². The number of hydrogen-bond donors (Lipinski definition) is 1. The second-order valence-electron chi connectivity index (χ2n) is 7.15. The Bertz CT molecular complexity index is 863. The third kappa shape index (κ3) is 3.33. The van der Waals surface area contributed by atoms with Crippen molar-refractivity contribution < 1.29 is 9.90 Å². The highest BCUT2D eigenvalue weighted by Gasteiger charge is 2.35. The van der Waals surface area contributed by atoms with Crippen LogP contribution in [0.25, 0.3) is 10.2 Å². The molecular weight excluding hydrogens is 340 g/mol. The number of carbonyl (C=O) groups excluding carboxylic acids is 1. The second kappa shape index (κ2) is 6.51. The molecule has 1 aliphatic heterocycles. The molecule has 1 fully saturated rings. The van der Waals surface area contributed by atoms with Crippen molar-refractivity contribution in [2.45, 2.75) is 25.4 Å². The van der Waals surface area contributed by atoms with Gasteiger partial charge in [0.05, 0.1) is 22.2 Å². The zero-order chi connectivity index (χ0) is 18.4. The lowest BCUT2D eigenvalue weighted by Crippen LogP contribution is -2.51. The second-order valence-corrected chi connectivity index (χ2v) is 8.15. The van der Waals surface area contributed by atoms with Gasteiger partial charge in [0.2, 0.25) is 0 Å². The summed E-state index contributed by atoms with van der Waals surface area (Å²) in [5, 5.41) is 11.1. The van der Waals surface area contributed by atoms with Gasteiger partial charge in [-0.1, -0.05) is 0 Å². The number of piperidine rings is 1. The van der Waals surface area contributed by atoms with Gasteiger partial charge in [-0.2, -0.15) is 0 Å². The number of likely N-dealkylation sites (N-methyl/N-ethyl adjacent to an activating group) is 1. The fraction of sp³-hybridized carbons (Fsp3) is 0.588. The number of nitrogens with zero attached hydrogens (tertiary/aromatic N) is 4. The van der Waals surface area contributed by atoms with Gasteiger partial charge in [0.1, 0.15) is 4.83 Å². The number of likely N-dealkylation sites (tertiary alicyclic amines) is 1. The Morgan fingerprint density at radius 3 is 2.64 bits per heavy atom. The number of rotatable bonds is 3. The topological polar surface area (TPSA) is 78.7 Å². The Balaban J connectivity index is 1.83. The normalized spacial score (nSPS) is 17.4. The van der Waals surface area contributed by atoms with Crippen molar-refractivity contribution in [2.24, 2.45) is 7.05 Å². The van der Waals surface area contributed by atoms with Gasteiger partial charge in [0, 0.05) is 26.7 Å². The molecule has 0 unspecified atom stereocenters. The molecule has 3 rings (SSSR count). The molecule has 0 atom stereocenters. The zero-order valence-electron chi connectivity index (χ0n) is 15.1. The highest BCUT2D eigenvalue weighted by Crippen LogP contribution is 2.30. The summed E-state index contributed by atoms with van der Waals surface area (Å²) >= 11 is 1.27. The Hall–Kier alpha value is -1.77. The van der Waals surface area contributed by atoms with Crippen molar-refractivity contribution in [2.75, 3.05) is 33.7 Å². The molecule has 25 heavy (non-hydrogen) atoms. The van der Waals surface area contributed by atoms with Gasteiger partial charge >= 0.3 is 0 Å². The number of thiophene rings is 1. The molecule has 8 heteroatoms. The molecule has 7 nitrogen and oxygen atoms in total. The van der Waals surface area contributed by atoms with Crippen molar-refractivity contribution in [3.05, 3.63) is 27.1 Å². The van der Waals surface area contributed by atoms with Crippen LogP contribution in [0, 0.1) is 6.92 Å². The number of aromatic nitrogens is 2. The van der Waals surface area contributed by atoms with E-state index in [2.05, 4.69) is 4.98 Å². The summed E-state index contributed by atoms with van der Waals surface area (Å²) in [6, 6.07) is 0. The summed E-state index contributed by atoms with van der Waals surface area (Å²) in [6.07, 6.45) is 2.60. The van der Waals surface area contributed by atoms with Gasteiger partial charge in [0.15, 0.2) is 0 Å². The van der Waals surface area contributed by atoms with E-state index >= 15 is 0 Å². The van der Waals surface area contributed by atoms with E-state index in [0.29, 0.717) is 53.1 Å². The maximum Gasteiger partial charge on any atom is 0.264 e. The lowest BCUT2D eigenvalue weighted by atomic mass is 9.91. The van der Waals surface area contributed by atoms with Crippen molar-refractivity contribution in [1.29, 1.82) is 0 Å². The molecule has 0 saturated carbocycles. The average Bonchev–Trinajstić information content (AvgIpc) is 2.87. The van der Waals surface area contributed by atoms with Gasteiger partial charge in [-0.15, -0.1) is 11.3 Å². The summed E-state index contributed by atoms with van der Waals surface area (Å²) in [6.45, 7) is 3.43. The fourth-order valence-corrected chi connectivity index (χ4v) is 4.54. The Labute approximate surface area is 150 Å². The quantitative estimate of drug-likeness (QED) is 0.873. The van der Waals surface area contributed by atoms with Crippen molar-refractivity contribution >= 4 is 27.5 Å². The molecule has 1 amide bonds. The molecule has 2 aromatic heterocycles. The molecule has 3 heterocycles. The molecule has 0 spiro atoms. The predicted molar refractivity (Wildman–Crippen MR) is 98.2 cm³/mol. The highest BCUT2D eigenvalue weighted by molar-refractivity contribution is 7.20. The lowest BCUT2D eigenvalue weighted by molar-refractivity contribution is -0.0323. The number of aliphatic hydroxyl groups is 1. The first-order valence-corrected chi connectivity index (χ1v) is 9.14. The first-order chi connectivity index (χ1) is 11.7. The molecule has 0 bridgehead atoms. The summed E-state index contributed by atoms with van der Waals surface area (Å²) in [5.74, 6) is -0.0746. The number of fused-ring (bicyclic) bond motifs is 1. The Kier molecular flexibility index (Phi) is 4.70. The molecule has 0 aliphatic carbocycles. The van der Waals surface area contributed by atoms with E-state index < -0.39 is 5.60 Å². The molecule has 0 aromatic carbocycles. The smallest absolute Gasteiger partial charge is 0.264 e. The van der Waals surface area contributed by atoms with Crippen LogP contribution in [0.3, 0.4) is 0 Å². The number of hydrogen-bond acceptors (Lipinski definition) is 6.